The second-order valence-electron chi connectivity index (χ2n) is 23.9. The Balaban J connectivity index is 3.36. The average Bonchev–Trinajstić information content (AvgIpc) is 3.42. The van der Waals surface area contributed by atoms with Crippen molar-refractivity contribution in [2.24, 2.45) is 0 Å². The van der Waals surface area contributed by atoms with Crippen LogP contribution in [0.1, 0.15) is 386 Å². The van der Waals surface area contributed by atoms with Crippen LogP contribution in [0.15, 0.2) is 24.3 Å². The summed E-state index contributed by atoms with van der Waals surface area (Å²) in [6, 6.07) is -0.540. The van der Waals surface area contributed by atoms with Crippen LogP contribution >= 0.6 is 0 Å². The number of amides is 1. The van der Waals surface area contributed by atoms with E-state index in [0.29, 0.717) is 25.9 Å². The van der Waals surface area contributed by atoms with Gasteiger partial charge in [0, 0.05) is 12.8 Å². The van der Waals surface area contributed by atoms with Crippen LogP contribution in [-0.2, 0) is 14.3 Å². The van der Waals surface area contributed by atoms with Crippen molar-refractivity contribution >= 4 is 11.9 Å². The second-order valence-corrected chi connectivity index (χ2v) is 23.9. The minimum absolute atomic E-state index is 0.00256. The molecular formula is C70H135NO5. The van der Waals surface area contributed by atoms with E-state index in [1.807, 2.05) is 0 Å². The maximum Gasteiger partial charge on any atom is 0.305 e. The highest BCUT2D eigenvalue weighted by Crippen LogP contribution is 2.19. The Morgan fingerprint density at radius 2 is 0.684 bits per heavy atom. The maximum atomic E-state index is 12.5. The maximum absolute atomic E-state index is 12.5. The molecule has 76 heavy (non-hydrogen) atoms. The topological polar surface area (TPSA) is 95.9 Å². The van der Waals surface area contributed by atoms with Gasteiger partial charge in [0.15, 0.2) is 0 Å². The fourth-order valence-corrected chi connectivity index (χ4v) is 11.0. The van der Waals surface area contributed by atoms with Gasteiger partial charge in [0.05, 0.1) is 25.4 Å². The fraction of sp³-hybridized carbons (Fsp3) is 0.914. The number of ether oxygens (including phenoxy) is 1. The van der Waals surface area contributed by atoms with E-state index in [-0.39, 0.29) is 18.5 Å². The molecule has 0 saturated carbocycles. The molecular weight excluding hydrogens is 935 g/mol. The summed E-state index contributed by atoms with van der Waals surface area (Å²) >= 11 is 0. The Labute approximate surface area is 475 Å². The van der Waals surface area contributed by atoms with Crippen LogP contribution in [-0.4, -0.2) is 47.4 Å². The molecule has 450 valence electrons. The van der Waals surface area contributed by atoms with Crippen LogP contribution in [0.3, 0.4) is 0 Å². The molecule has 0 aromatic carbocycles. The third-order valence-electron chi connectivity index (χ3n) is 16.2. The van der Waals surface area contributed by atoms with Crippen molar-refractivity contribution in [1.82, 2.24) is 5.32 Å². The molecule has 0 rings (SSSR count). The molecule has 0 spiro atoms. The average molecular weight is 1070 g/mol. The van der Waals surface area contributed by atoms with E-state index >= 15 is 0 Å². The van der Waals surface area contributed by atoms with E-state index in [2.05, 4.69) is 43.5 Å². The largest absolute Gasteiger partial charge is 0.466 e. The van der Waals surface area contributed by atoms with E-state index in [1.165, 1.54) is 302 Å². The number of aliphatic hydroxyl groups excluding tert-OH is 2. The summed E-state index contributed by atoms with van der Waals surface area (Å²) in [5.41, 5.74) is 0. The number of aliphatic hydroxyl groups is 2. The van der Waals surface area contributed by atoms with E-state index < -0.39 is 12.1 Å². The number of allylic oxidation sites excluding steroid dienone is 4. The monoisotopic (exact) mass is 1070 g/mol. The number of hydrogen-bond donors (Lipinski definition) is 3. The smallest absolute Gasteiger partial charge is 0.305 e. The van der Waals surface area contributed by atoms with Crippen molar-refractivity contribution in [2.75, 3.05) is 13.2 Å². The Hall–Kier alpha value is -1.66. The Morgan fingerprint density at radius 3 is 1.05 bits per heavy atom. The van der Waals surface area contributed by atoms with Crippen molar-refractivity contribution in [3.05, 3.63) is 24.3 Å². The molecule has 0 aromatic rings. The number of unbranched alkanes of at least 4 members (excludes halogenated alkanes) is 50. The van der Waals surface area contributed by atoms with E-state index in [4.69, 9.17) is 4.74 Å². The summed E-state index contributed by atoms with van der Waals surface area (Å²) in [4.78, 5) is 24.6. The summed E-state index contributed by atoms with van der Waals surface area (Å²) in [5, 5.41) is 23.4. The van der Waals surface area contributed by atoms with Crippen LogP contribution in [0.25, 0.3) is 0 Å². The lowest BCUT2D eigenvalue weighted by molar-refractivity contribution is -0.143. The lowest BCUT2D eigenvalue weighted by atomic mass is 10.0. The Morgan fingerprint density at radius 1 is 0.368 bits per heavy atom. The normalized spacial score (nSPS) is 12.6. The van der Waals surface area contributed by atoms with Crippen molar-refractivity contribution in [3.63, 3.8) is 0 Å². The number of carbonyl (C=O) groups is 2. The van der Waals surface area contributed by atoms with Crippen molar-refractivity contribution in [3.8, 4) is 0 Å². The summed E-state index contributed by atoms with van der Waals surface area (Å²) in [7, 11) is 0. The molecule has 0 aromatic heterocycles. The molecule has 2 unspecified atom stereocenters. The second kappa shape index (κ2) is 65.9. The molecule has 0 heterocycles. The third kappa shape index (κ3) is 61.6. The predicted molar refractivity (Wildman–Crippen MR) is 333 cm³/mol. The molecule has 0 aliphatic heterocycles. The van der Waals surface area contributed by atoms with Gasteiger partial charge < -0.3 is 20.3 Å². The zero-order valence-electron chi connectivity index (χ0n) is 51.5. The molecule has 0 aliphatic rings. The quantitative estimate of drug-likeness (QED) is 0.0320. The third-order valence-corrected chi connectivity index (χ3v) is 16.2. The zero-order valence-corrected chi connectivity index (χ0v) is 51.5. The first-order chi connectivity index (χ1) is 37.5. The molecule has 6 nitrogen and oxygen atoms in total. The van der Waals surface area contributed by atoms with Crippen LogP contribution in [0, 0.1) is 0 Å². The highest BCUT2D eigenvalue weighted by atomic mass is 16.5. The van der Waals surface area contributed by atoms with Gasteiger partial charge in [-0.1, -0.05) is 346 Å². The van der Waals surface area contributed by atoms with E-state index in [1.54, 1.807) is 0 Å². The minimum Gasteiger partial charge on any atom is -0.466 e. The van der Waals surface area contributed by atoms with Crippen LogP contribution < -0.4 is 5.32 Å². The SMILES string of the molecule is CCC/C=C\C/C=C\CCCCCCCC(=O)OCCCCCCCCCCCCCCCCCCCCCCCCCCCCC(=O)NC(CO)C(O)CCCCCCCCCCCCCCCCCCCCCC. The number of carbonyl (C=O) groups excluding carboxylic acids is 2. The van der Waals surface area contributed by atoms with Gasteiger partial charge >= 0.3 is 5.97 Å². The van der Waals surface area contributed by atoms with Gasteiger partial charge in [0.25, 0.3) is 0 Å². The lowest BCUT2D eigenvalue weighted by Crippen LogP contribution is -2.45. The van der Waals surface area contributed by atoms with Crippen LogP contribution in [0.4, 0.5) is 0 Å². The number of esters is 1. The summed E-state index contributed by atoms with van der Waals surface area (Å²) < 4.78 is 5.48. The Bertz CT molecular complexity index is 1190. The number of nitrogens with one attached hydrogen (secondary N) is 1. The van der Waals surface area contributed by atoms with Crippen LogP contribution in [0.5, 0.6) is 0 Å². The molecule has 2 atom stereocenters. The molecule has 0 aliphatic carbocycles. The number of rotatable bonds is 65. The van der Waals surface area contributed by atoms with Gasteiger partial charge in [0.1, 0.15) is 0 Å². The van der Waals surface area contributed by atoms with E-state index in [0.717, 1.165) is 51.4 Å². The number of hydrogen-bond acceptors (Lipinski definition) is 5. The van der Waals surface area contributed by atoms with Gasteiger partial charge in [-0.2, -0.15) is 0 Å². The van der Waals surface area contributed by atoms with E-state index in [9.17, 15) is 19.8 Å². The van der Waals surface area contributed by atoms with Gasteiger partial charge in [-0.25, -0.2) is 0 Å². The van der Waals surface area contributed by atoms with Crippen LogP contribution in [0.2, 0.25) is 0 Å². The van der Waals surface area contributed by atoms with Gasteiger partial charge in [-0.05, 0) is 51.4 Å². The van der Waals surface area contributed by atoms with Gasteiger partial charge in [0.2, 0.25) is 5.91 Å². The van der Waals surface area contributed by atoms with Gasteiger partial charge in [-0.3, -0.25) is 9.59 Å². The zero-order chi connectivity index (χ0) is 55.0. The van der Waals surface area contributed by atoms with Crippen molar-refractivity contribution in [1.29, 1.82) is 0 Å². The standard InChI is InChI=1S/C70H135NO5/c1-3-5-7-9-11-13-15-17-18-19-20-29-32-35-39-42-46-50-54-58-62-68(73)67(66-72)71-69(74)63-59-55-51-47-43-40-36-33-30-27-25-23-21-22-24-26-28-31-34-37-41-45-49-53-57-61-65-76-70(75)64-60-56-52-48-44-38-16-14-12-10-8-6-4-2/h8,10,14,16,67-68,72-73H,3-7,9,11-13,15,17-66H2,1-2H3,(H,71,74)/b10-8-,16-14-. The summed E-state index contributed by atoms with van der Waals surface area (Å²) in [6.45, 7) is 4.92. The molecule has 1 amide bonds. The highest BCUT2D eigenvalue weighted by molar-refractivity contribution is 5.76. The van der Waals surface area contributed by atoms with Crippen molar-refractivity contribution in [2.45, 2.75) is 398 Å². The summed E-state index contributed by atoms with van der Waals surface area (Å²) in [6.07, 6.45) is 82.2. The summed E-state index contributed by atoms with van der Waals surface area (Å²) in [5.74, 6) is -0.0261. The van der Waals surface area contributed by atoms with Gasteiger partial charge in [-0.15, -0.1) is 0 Å². The highest BCUT2D eigenvalue weighted by Gasteiger charge is 2.20. The van der Waals surface area contributed by atoms with Crippen molar-refractivity contribution < 1.29 is 24.5 Å². The molecule has 0 bridgehead atoms. The predicted octanol–water partition coefficient (Wildman–Crippen LogP) is 22.1. The first kappa shape index (κ1) is 74.3. The first-order valence-corrected chi connectivity index (χ1v) is 34.6. The minimum atomic E-state index is -0.663. The lowest BCUT2D eigenvalue weighted by Gasteiger charge is -2.22. The fourth-order valence-electron chi connectivity index (χ4n) is 11.0. The molecule has 0 radical (unpaired) electrons. The Kier molecular flexibility index (Phi) is 64.4. The molecule has 0 fully saturated rings. The molecule has 3 N–H and O–H groups in total. The molecule has 6 heteroatoms. The molecule has 0 saturated heterocycles. The first-order valence-electron chi connectivity index (χ1n) is 34.6.